The summed E-state index contributed by atoms with van der Waals surface area (Å²) in [5.74, 6) is 0.271. The molecule has 1 amide bonds. The largest absolute Gasteiger partial charge is 0.497 e. The van der Waals surface area contributed by atoms with Crippen LogP contribution in [0, 0.1) is 10.1 Å². The lowest BCUT2D eigenvalue weighted by Gasteiger charge is -2.36. The fraction of sp³-hybridized carbons (Fsp3) is 0.227. The van der Waals surface area contributed by atoms with Crippen molar-refractivity contribution in [1.29, 1.82) is 0 Å². The van der Waals surface area contributed by atoms with Gasteiger partial charge in [0.25, 0.3) is 5.91 Å². The van der Waals surface area contributed by atoms with Crippen LogP contribution in [0.25, 0.3) is 0 Å². The van der Waals surface area contributed by atoms with Gasteiger partial charge >= 0.3 is 5.69 Å². The van der Waals surface area contributed by atoms with Crippen LogP contribution in [0.2, 0.25) is 0 Å². The number of aromatic nitrogens is 2. The van der Waals surface area contributed by atoms with E-state index in [1.54, 1.807) is 24.3 Å². The van der Waals surface area contributed by atoms with Crippen molar-refractivity contribution in [1.82, 2.24) is 15.4 Å². The number of nitrogens with zero attached hydrogens (tertiary/aromatic N) is 5. The van der Waals surface area contributed by atoms with Gasteiger partial charge in [-0.2, -0.15) is 0 Å². The number of amides is 1. The van der Waals surface area contributed by atoms with Crippen molar-refractivity contribution in [2.24, 2.45) is 0 Å². The van der Waals surface area contributed by atoms with Gasteiger partial charge in [-0.15, -0.1) is 0 Å². The van der Waals surface area contributed by atoms with E-state index in [0.29, 0.717) is 37.5 Å². The number of methoxy groups -OCH3 is 1. The summed E-state index contributed by atoms with van der Waals surface area (Å²) in [6.07, 6.45) is 1.24. The molecule has 3 aromatic rings. The average molecular weight is 449 g/mol. The Hall–Kier alpha value is -4.41. The maximum Gasteiger partial charge on any atom is 0.355 e. The van der Waals surface area contributed by atoms with Crippen molar-refractivity contribution in [3.8, 4) is 5.75 Å². The topological polar surface area (TPSA) is 126 Å². The number of para-hydroxylation sites is 1. The minimum absolute atomic E-state index is 0.0858. The number of ether oxygens (including phenoxy) is 1. The third-order valence-corrected chi connectivity index (χ3v) is 5.33. The Morgan fingerprint density at radius 2 is 1.67 bits per heavy atom. The van der Waals surface area contributed by atoms with E-state index >= 15 is 0 Å². The Kier molecular flexibility index (Phi) is 6.48. The highest BCUT2D eigenvalue weighted by Gasteiger charge is 2.29. The van der Waals surface area contributed by atoms with E-state index in [4.69, 9.17) is 4.74 Å². The molecule has 0 radical (unpaired) electrons. The van der Waals surface area contributed by atoms with E-state index in [9.17, 15) is 14.9 Å². The van der Waals surface area contributed by atoms with Crippen molar-refractivity contribution in [3.05, 3.63) is 76.6 Å². The standard InChI is InChI=1S/C22H23N7O4/c1-33-18-9-7-16(8-10-18)22(30)26-25-20-19(29(31)32)21(24-15-23-20)28-13-11-27(12-14-28)17-5-3-2-4-6-17/h2-10,15H,11-14H2,1H3,(H,26,30)(H,23,24,25). The molecular formula is C22H23N7O4. The summed E-state index contributed by atoms with van der Waals surface area (Å²) in [4.78, 5) is 36.0. The summed E-state index contributed by atoms with van der Waals surface area (Å²) < 4.78 is 5.08. The SMILES string of the molecule is COc1ccc(C(=O)NNc2ncnc(N3CCN(c4ccccc4)CC3)c2[N+](=O)[O-])cc1. The maximum absolute atomic E-state index is 12.4. The number of piperazine rings is 1. The van der Waals surface area contributed by atoms with Crippen LogP contribution < -0.4 is 25.4 Å². The molecule has 11 heteroatoms. The minimum Gasteiger partial charge on any atom is -0.497 e. The van der Waals surface area contributed by atoms with Crippen LogP contribution in [-0.2, 0) is 0 Å². The van der Waals surface area contributed by atoms with Gasteiger partial charge in [0.1, 0.15) is 12.1 Å². The van der Waals surface area contributed by atoms with Crippen LogP contribution in [-0.4, -0.2) is 54.1 Å². The lowest BCUT2D eigenvalue weighted by atomic mass is 10.2. The fourth-order valence-corrected chi connectivity index (χ4v) is 3.61. The summed E-state index contributed by atoms with van der Waals surface area (Å²) in [6.45, 7) is 2.51. The second kappa shape index (κ2) is 9.81. The summed E-state index contributed by atoms with van der Waals surface area (Å²) in [6, 6.07) is 16.5. The molecule has 0 unspecified atom stereocenters. The van der Waals surface area contributed by atoms with Crippen molar-refractivity contribution in [3.63, 3.8) is 0 Å². The highest BCUT2D eigenvalue weighted by atomic mass is 16.6. The van der Waals surface area contributed by atoms with Crippen molar-refractivity contribution >= 4 is 28.9 Å². The van der Waals surface area contributed by atoms with Gasteiger partial charge < -0.3 is 14.5 Å². The Morgan fingerprint density at radius 3 is 2.30 bits per heavy atom. The van der Waals surface area contributed by atoms with E-state index in [0.717, 1.165) is 5.69 Å². The average Bonchev–Trinajstić information content (AvgIpc) is 2.87. The third-order valence-electron chi connectivity index (χ3n) is 5.33. The second-order valence-corrected chi connectivity index (χ2v) is 7.27. The highest BCUT2D eigenvalue weighted by molar-refractivity contribution is 5.95. The van der Waals surface area contributed by atoms with Crippen LogP contribution in [0.1, 0.15) is 10.4 Å². The van der Waals surface area contributed by atoms with Crippen LogP contribution in [0.3, 0.4) is 0 Å². The molecule has 11 nitrogen and oxygen atoms in total. The molecule has 0 aliphatic carbocycles. The third kappa shape index (κ3) is 4.92. The van der Waals surface area contributed by atoms with Crippen LogP contribution >= 0.6 is 0 Å². The number of anilines is 3. The molecule has 0 spiro atoms. The van der Waals surface area contributed by atoms with Gasteiger partial charge in [-0.3, -0.25) is 25.8 Å². The fourth-order valence-electron chi connectivity index (χ4n) is 3.61. The summed E-state index contributed by atoms with van der Waals surface area (Å²) in [5.41, 5.74) is 6.21. The molecule has 1 aromatic heterocycles. The molecule has 1 saturated heterocycles. The number of nitrogens with one attached hydrogen (secondary N) is 2. The number of carbonyl (C=O) groups is 1. The van der Waals surface area contributed by atoms with E-state index < -0.39 is 10.8 Å². The van der Waals surface area contributed by atoms with Crippen molar-refractivity contribution in [2.45, 2.75) is 0 Å². The van der Waals surface area contributed by atoms with E-state index in [-0.39, 0.29) is 17.3 Å². The van der Waals surface area contributed by atoms with E-state index in [1.807, 2.05) is 35.2 Å². The lowest BCUT2D eigenvalue weighted by molar-refractivity contribution is -0.383. The van der Waals surface area contributed by atoms with Gasteiger partial charge in [-0.25, -0.2) is 9.97 Å². The number of rotatable bonds is 7. The van der Waals surface area contributed by atoms with Crippen LogP contribution in [0.15, 0.2) is 60.9 Å². The lowest BCUT2D eigenvalue weighted by Crippen LogP contribution is -2.47. The molecule has 2 N–H and O–H groups in total. The first-order valence-electron chi connectivity index (χ1n) is 10.3. The summed E-state index contributed by atoms with van der Waals surface area (Å²) in [7, 11) is 1.53. The molecule has 1 aliphatic heterocycles. The highest BCUT2D eigenvalue weighted by Crippen LogP contribution is 2.32. The monoisotopic (exact) mass is 449 g/mol. The zero-order valence-corrected chi connectivity index (χ0v) is 18.0. The van der Waals surface area contributed by atoms with Gasteiger partial charge in [0.15, 0.2) is 0 Å². The quantitative estimate of drug-likeness (QED) is 0.413. The summed E-state index contributed by atoms with van der Waals surface area (Å²) >= 11 is 0. The Bertz CT molecular complexity index is 1120. The predicted molar refractivity (Wildman–Crippen MR) is 124 cm³/mol. The normalized spacial score (nSPS) is 13.4. The van der Waals surface area contributed by atoms with Gasteiger partial charge in [-0.1, -0.05) is 18.2 Å². The Morgan fingerprint density at radius 1 is 1.00 bits per heavy atom. The maximum atomic E-state index is 12.4. The van der Waals surface area contributed by atoms with Crippen molar-refractivity contribution < 1.29 is 14.5 Å². The second-order valence-electron chi connectivity index (χ2n) is 7.27. The molecule has 2 heterocycles. The number of hydrogen-bond acceptors (Lipinski definition) is 9. The number of benzene rings is 2. The predicted octanol–water partition coefficient (Wildman–Crippen LogP) is 2.48. The van der Waals surface area contributed by atoms with Crippen LogP contribution in [0.4, 0.5) is 23.0 Å². The number of hydrogen-bond donors (Lipinski definition) is 2. The van der Waals surface area contributed by atoms with E-state index in [2.05, 4.69) is 25.7 Å². The minimum atomic E-state index is -0.541. The number of hydrazine groups is 1. The molecule has 0 atom stereocenters. The first-order valence-corrected chi connectivity index (χ1v) is 10.3. The van der Waals surface area contributed by atoms with Gasteiger partial charge in [-0.05, 0) is 36.4 Å². The zero-order valence-electron chi connectivity index (χ0n) is 18.0. The molecule has 1 fully saturated rings. The first kappa shape index (κ1) is 21.8. The Labute approximate surface area is 190 Å². The molecule has 33 heavy (non-hydrogen) atoms. The first-order chi connectivity index (χ1) is 16.1. The molecule has 4 rings (SSSR count). The molecule has 0 bridgehead atoms. The molecule has 170 valence electrons. The van der Waals surface area contributed by atoms with Gasteiger partial charge in [0, 0.05) is 37.4 Å². The zero-order chi connectivity index (χ0) is 23.2. The Balaban J connectivity index is 1.47. The number of nitro groups is 1. The number of carbonyl (C=O) groups excluding carboxylic acids is 1. The molecular weight excluding hydrogens is 426 g/mol. The molecule has 0 saturated carbocycles. The van der Waals surface area contributed by atoms with Crippen molar-refractivity contribution in [2.75, 3.05) is 48.5 Å². The van der Waals surface area contributed by atoms with Gasteiger partial charge in [0.2, 0.25) is 11.6 Å². The van der Waals surface area contributed by atoms with Crippen LogP contribution in [0.5, 0.6) is 5.75 Å². The summed E-state index contributed by atoms with van der Waals surface area (Å²) in [5, 5.41) is 11.9. The smallest absolute Gasteiger partial charge is 0.355 e. The van der Waals surface area contributed by atoms with E-state index in [1.165, 1.54) is 13.4 Å². The molecule has 1 aliphatic rings. The van der Waals surface area contributed by atoms with Gasteiger partial charge in [0.05, 0.1) is 12.0 Å². The molecule has 2 aromatic carbocycles.